The summed E-state index contributed by atoms with van der Waals surface area (Å²) in [6.45, 7) is -0.661. The molecule has 112 valence electrons. The first-order valence-electron chi connectivity index (χ1n) is 5.93. The van der Waals surface area contributed by atoms with Crippen molar-refractivity contribution in [3.8, 4) is 0 Å². The number of nitrogens with zero attached hydrogens (tertiary/aromatic N) is 2. The van der Waals surface area contributed by atoms with E-state index in [2.05, 4.69) is 10.3 Å². The zero-order valence-electron chi connectivity index (χ0n) is 10.7. The lowest BCUT2D eigenvalue weighted by molar-refractivity contribution is -0.115. The van der Waals surface area contributed by atoms with E-state index in [0.717, 1.165) is 4.57 Å². The van der Waals surface area contributed by atoms with E-state index >= 15 is 0 Å². The third kappa shape index (κ3) is 2.28. The predicted octanol–water partition coefficient (Wildman–Crippen LogP) is -0.517. The SMILES string of the molecule is CNc1ccn([C@@H]2O[C@@](CO)(CCl)[C@@H](O)C2F)c(=O)n1. The Hall–Kier alpha value is -1.22. The molecule has 1 saturated heterocycles. The van der Waals surface area contributed by atoms with Gasteiger partial charge in [-0.05, 0) is 6.07 Å². The van der Waals surface area contributed by atoms with Crippen molar-refractivity contribution in [3.05, 3.63) is 22.7 Å². The van der Waals surface area contributed by atoms with Crippen molar-refractivity contribution in [2.75, 3.05) is 24.9 Å². The Morgan fingerprint density at radius 2 is 2.40 bits per heavy atom. The summed E-state index contributed by atoms with van der Waals surface area (Å²) in [4.78, 5) is 15.5. The Morgan fingerprint density at radius 1 is 1.70 bits per heavy atom. The standard InChI is InChI=1S/C11H15ClFN3O4/c1-14-6-2-3-16(10(19)15-6)9-7(13)8(18)11(4-12,5-17)20-9/h2-3,7-9,17-18H,4-5H2,1H3,(H,14,15,19)/t7?,8-,9+,11+/m0/s1. The molecule has 7 nitrogen and oxygen atoms in total. The van der Waals surface area contributed by atoms with E-state index in [1.165, 1.54) is 12.3 Å². The monoisotopic (exact) mass is 307 g/mol. The molecule has 0 aliphatic carbocycles. The average Bonchev–Trinajstić information content (AvgIpc) is 2.72. The minimum atomic E-state index is -1.90. The molecule has 1 fully saturated rings. The van der Waals surface area contributed by atoms with Crippen LogP contribution in [0.3, 0.4) is 0 Å². The Bertz CT molecular complexity index is 537. The molecule has 3 N–H and O–H groups in total. The Balaban J connectivity index is 2.37. The topological polar surface area (TPSA) is 96.6 Å². The molecule has 1 aliphatic rings. The van der Waals surface area contributed by atoms with Gasteiger partial charge in [0.15, 0.2) is 12.4 Å². The van der Waals surface area contributed by atoms with Crippen LogP contribution in [-0.4, -0.2) is 57.2 Å². The number of hydrogen-bond donors (Lipinski definition) is 3. The maximum atomic E-state index is 14.2. The lowest BCUT2D eigenvalue weighted by atomic mass is 9.99. The number of ether oxygens (including phenoxy) is 1. The highest BCUT2D eigenvalue weighted by atomic mass is 35.5. The van der Waals surface area contributed by atoms with Gasteiger partial charge in [-0.25, -0.2) is 9.18 Å². The third-order valence-corrected chi connectivity index (χ3v) is 3.78. The minimum Gasteiger partial charge on any atom is -0.393 e. The number of hydrogen-bond acceptors (Lipinski definition) is 6. The molecule has 1 aliphatic heterocycles. The van der Waals surface area contributed by atoms with Gasteiger partial charge in [-0.2, -0.15) is 4.98 Å². The number of rotatable bonds is 4. The fourth-order valence-electron chi connectivity index (χ4n) is 2.06. The van der Waals surface area contributed by atoms with Crippen molar-refractivity contribution < 1.29 is 19.3 Å². The molecular formula is C11H15ClFN3O4. The molecule has 1 aromatic rings. The molecule has 4 atom stereocenters. The first-order valence-corrected chi connectivity index (χ1v) is 6.46. The van der Waals surface area contributed by atoms with Crippen molar-refractivity contribution >= 4 is 17.4 Å². The summed E-state index contributed by atoms with van der Waals surface area (Å²) in [5, 5.41) is 21.8. The summed E-state index contributed by atoms with van der Waals surface area (Å²) in [6.07, 6.45) is -3.62. The molecule has 2 rings (SSSR count). The van der Waals surface area contributed by atoms with Crippen LogP contribution in [0.5, 0.6) is 0 Å². The summed E-state index contributed by atoms with van der Waals surface area (Å²) < 4.78 is 20.4. The smallest absolute Gasteiger partial charge is 0.351 e. The first-order chi connectivity index (χ1) is 9.49. The average molecular weight is 308 g/mol. The molecule has 1 aromatic heterocycles. The zero-order valence-corrected chi connectivity index (χ0v) is 11.4. The van der Waals surface area contributed by atoms with Gasteiger partial charge in [-0.15, -0.1) is 11.6 Å². The quantitative estimate of drug-likeness (QED) is 0.648. The van der Waals surface area contributed by atoms with Gasteiger partial charge in [0.2, 0.25) is 0 Å². The molecule has 0 radical (unpaired) electrons. The van der Waals surface area contributed by atoms with E-state index in [0.29, 0.717) is 5.82 Å². The molecule has 1 unspecified atom stereocenters. The van der Waals surface area contributed by atoms with Gasteiger partial charge in [0.1, 0.15) is 17.5 Å². The Kier molecular flexibility index (Phi) is 4.28. The van der Waals surface area contributed by atoms with Gasteiger partial charge in [-0.1, -0.05) is 0 Å². The van der Waals surface area contributed by atoms with Crippen LogP contribution in [-0.2, 0) is 4.74 Å². The molecule has 0 saturated carbocycles. The second-order valence-corrected chi connectivity index (χ2v) is 4.77. The van der Waals surface area contributed by atoms with Gasteiger partial charge in [0.25, 0.3) is 0 Å². The third-order valence-electron chi connectivity index (χ3n) is 3.32. The summed E-state index contributed by atoms with van der Waals surface area (Å²) in [7, 11) is 1.59. The fraction of sp³-hybridized carbons (Fsp3) is 0.636. The predicted molar refractivity (Wildman–Crippen MR) is 69.6 cm³/mol. The second kappa shape index (κ2) is 5.65. The van der Waals surface area contributed by atoms with Gasteiger partial charge >= 0.3 is 5.69 Å². The second-order valence-electron chi connectivity index (χ2n) is 4.51. The van der Waals surface area contributed by atoms with E-state index in [4.69, 9.17) is 16.3 Å². The molecule has 9 heteroatoms. The van der Waals surface area contributed by atoms with Crippen LogP contribution in [0.4, 0.5) is 10.2 Å². The number of alkyl halides is 2. The van der Waals surface area contributed by atoms with E-state index < -0.39 is 36.4 Å². The van der Waals surface area contributed by atoms with Crippen LogP contribution < -0.4 is 11.0 Å². The maximum Gasteiger partial charge on any atom is 0.351 e. The number of aliphatic hydroxyl groups is 2. The molecular weight excluding hydrogens is 293 g/mol. The summed E-state index contributed by atoms with van der Waals surface area (Å²) in [6, 6.07) is 1.46. The number of nitrogens with one attached hydrogen (secondary N) is 1. The van der Waals surface area contributed by atoms with Crippen LogP contribution in [0, 0.1) is 0 Å². The van der Waals surface area contributed by atoms with E-state index in [9.17, 15) is 19.4 Å². The largest absolute Gasteiger partial charge is 0.393 e. The van der Waals surface area contributed by atoms with Crippen molar-refractivity contribution in [1.29, 1.82) is 0 Å². The molecule has 0 aromatic carbocycles. The number of halogens is 2. The lowest BCUT2D eigenvalue weighted by Crippen LogP contribution is -2.47. The number of aromatic nitrogens is 2. The normalized spacial score (nSPS) is 33.4. The molecule has 0 bridgehead atoms. The highest BCUT2D eigenvalue weighted by Gasteiger charge is 2.55. The molecule has 2 heterocycles. The van der Waals surface area contributed by atoms with Crippen LogP contribution in [0.15, 0.2) is 17.1 Å². The van der Waals surface area contributed by atoms with E-state index in [-0.39, 0.29) is 5.88 Å². The van der Waals surface area contributed by atoms with E-state index in [1.807, 2.05) is 0 Å². The van der Waals surface area contributed by atoms with Gasteiger partial charge in [0, 0.05) is 13.2 Å². The highest BCUT2D eigenvalue weighted by molar-refractivity contribution is 6.18. The van der Waals surface area contributed by atoms with Crippen LogP contribution >= 0.6 is 11.6 Å². The minimum absolute atomic E-state index is 0.307. The highest BCUT2D eigenvalue weighted by Crippen LogP contribution is 2.39. The van der Waals surface area contributed by atoms with Gasteiger partial charge in [0.05, 0.1) is 12.5 Å². The van der Waals surface area contributed by atoms with Gasteiger partial charge < -0.3 is 20.3 Å². The molecule has 20 heavy (non-hydrogen) atoms. The Morgan fingerprint density at radius 3 is 2.85 bits per heavy atom. The summed E-state index contributed by atoms with van der Waals surface area (Å²) in [5.41, 5.74) is -2.37. The lowest BCUT2D eigenvalue weighted by Gasteiger charge is -2.26. The van der Waals surface area contributed by atoms with E-state index in [1.54, 1.807) is 7.05 Å². The van der Waals surface area contributed by atoms with Crippen molar-refractivity contribution in [2.45, 2.75) is 24.1 Å². The maximum absolute atomic E-state index is 14.2. The Labute approximate surface area is 119 Å². The zero-order chi connectivity index (χ0) is 14.9. The molecule has 0 amide bonds. The summed E-state index contributed by atoms with van der Waals surface area (Å²) >= 11 is 5.64. The van der Waals surface area contributed by atoms with Crippen LogP contribution in [0.25, 0.3) is 0 Å². The number of aliphatic hydroxyl groups excluding tert-OH is 2. The molecule has 0 spiro atoms. The van der Waals surface area contributed by atoms with Crippen LogP contribution in [0.1, 0.15) is 6.23 Å². The van der Waals surface area contributed by atoms with Crippen molar-refractivity contribution in [3.63, 3.8) is 0 Å². The van der Waals surface area contributed by atoms with Gasteiger partial charge in [-0.3, -0.25) is 4.57 Å². The van der Waals surface area contributed by atoms with Crippen LogP contribution in [0.2, 0.25) is 0 Å². The summed E-state index contributed by atoms with van der Waals surface area (Å²) in [5.74, 6) is 0.0178. The first kappa shape index (κ1) is 15.2. The number of anilines is 1. The fourth-order valence-corrected chi connectivity index (χ4v) is 2.37. The van der Waals surface area contributed by atoms with Crippen molar-refractivity contribution in [2.24, 2.45) is 0 Å². The van der Waals surface area contributed by atoms with Crippen molar-refractivity contribution in [1.82, 2.24) is 9.55 Å².